The Morgan fingerprint density at radius 3 is 2.43 bits per heavy atom. The standard InChI is InChI=1S/C16H31NO3S/c1-14(18)21-11-7-10-17(4)9-6-5-8-15-12-19-16(2,3)20-13-15/h15H,5-13H2,1-4H3. The van der Waals surface area contributed by atoms with Gasteiger partial charge in [0.25, 0.3) is 0 Å². The molecule has 1 saturated heterocycles. The van der Waals surface area contributed by atoms with Crippen molar-refractivity contribution in [2.24, 2.45) is 5.92 Å². The molecule has 1 fully saturated rings. The minimum Gasteiger partial charge on any atom is -0.350 e. The van der Waals surface area contributed by atoms with E-state index in [4.69, 9.17) is 9.47 Å². The van der Waals surface area contributed by atoms with Crippen LogP contribution in [0.25, 0.3) is 0 Å². The molecule has 1 aliphatic rings. The van der Waals surface area contributed by atoms with Crippen LogP contribution >= 0.6 is 11.8 Å². The molecule has 0 amide bonds. The molecule has 1 rings (SSSR count). The van der Waals surface area contributed by atoms with Crippen LogP contribution in [0, 0.1) is 5.92 Å². The molecule has 0 N–H and O–H groups in total. The van der Waals surface area contributed by atoms with E-state index in [2.05, 4.69) is 11.9 Å². The Kier molecular flexibility index (Phi) is 8.86. The first-order valence-electron chi connectivity index (χ1n) is 7.99. The van der Waals surface area contributed by atoms with Crippen molar-refractivity contribution in [1.82, 2.24) is 4.90 Å². The Hall–Kier alpha value is -0.100. The van der Waals surface area contributed by atoms with Gasteiger partial charge in [0.2, 0.25) is 0 Å². The van der Waals surface area contributed by atoms with Crippen molar-refractivity contribution in [3.63, 3.8) is 0 Å². The van der Waals surface area contributed by atoms with Crippen LogP contribution in [0.15, 0.2) is 0 Å². The number of carbonyl (C=O) groups is 1. The van der Waals surface area contributed by atoms with Crippen LogP contribution in [0.3, 0.4) is 0 Å². The Balaban J connectivity index is 1.95. The van der Waals surface area contributed by atoms with Crippen LogP contribution in [0.4, 0.5) is 0 Å². The molecule has 1 heterocycles. The highest BCUT2D eigenvalue weighted by atomic mass is 32.2. The molecule has 0 aromatic rings. The zero-order valence-corrected chi connectivity index (χ0v) is 14.8. The summed E-state index contributed by atoms with van der Waals surface area (Å²) in [5.74, 6) is 1.09. The predicted octanol–water partition coefficient (Wildman–Crippen LogP) is 3.16. The fourth-order valence-corrected chi connectivity index (χ4v) is 2.93. The maximum absolute atomic E-state index is 10.8. The monoisotopic (exact) mass is 317 g/mol. The maximum Gasteiger partial charge on any atom is 0.185 e. The van der Waals surface area contributed by atoms with Crippen LogP contribution in [0.1, 0.15) is 46.5 Å². The Morgan fingerprint density at radius 1 is 1.19 bits per heavy atom. The number of ether oxygens (including phenoxy) is 2. The number of hydrogen-bond donors (Lipinski definition) is 0. The SMILES string of the molecule is CC(=O)SCCCN(C)CCCCC1COC(C)(C)OC1. The molecule has 0 atom stereocenters. The molecule has 4 nitrogen and oxygen atoms in total. The van der Waals surface area contributed by atoms with Gasteiger partial charge in [0.05, 0.1) is 13.2 Å². The number of thioether (sulfide) groups is 1. The molecule has 0 aromatic carbocycles. The summed E-state index contributed by atoms with van der Waals surface area (Å²) in [6, 6.07) is 0. The van der Waals surface area contributed by atoms with Crippen LogP contribution in [0.2, 0.25) is 0 Å². The smallest absolute Gasteiger partial charge is 0.185 e. The molecule has 0 aliphatic carbocycles. The Bertz CT molecular complexity index is 300. The second kappa shape index (κ2) is 9.82. The zero-order valence-electron chi connectivity index (χ0n) is 14.0. The van der Waals surface area contributed by atoms with Gasteiger partial charge in [0, 0.05) is 18.6 Å². The second-order valence-corrected chi connectivity index (χ2v) is 7.65. The van der Waals surface area contributed by atoms with Crippen LogP contribution in [-0.4, -0.2) is 54.9 Å². The third-order valence-electron chi connectivity index (χ3n) is 3.72. The first-order chi connectivity index (χ1) is 9.89. The van der Waals surface area contributed by atoms with E-state index in [9.17, 15) is 4.79 Å². The quantitative estimate of drug-likeness (QED) is 0.611. The molecular formula is C16H31NO3S. The summed E-state index contributed by atoms with van der Waals surface area (Å²) in [6.07, 6.45) is 4.71. The van der Waals surface area contributed by atoms with Crippen LogP contribution in [-0.2, 0) is 14.3 Å². The molecule has 0 bridgehead atoms. The Morgan fingerprint density at radius 2 is 1.81 bits per heavy atom. The lowest BCUT2D eigenvalue weighted by Gasteiger charge is -2.35. The van der Waals surface area contributed by atoms with E-state index in [0.717, 1.165) is 38.5 Å². The summed E-state index contributed by atoms with van der Waals surface area (Å²) in [5, 5.41) is 0.220. The third kappa shape index (κ3) is 9.51. The van der Waals surface area contributed by atoms with Crippen molar-refractivity contribution in [2.45, 2.75) is 52.2 Å². The van der Waals surface area contributed by atoms with E-state index in [-0.39, 0.29) is 5.12 Å². The summed E-state index contributed by atoms with van der Waals surface area (Å²) < 4.78 is 11.4. The Labute approximate surface area is 133 Å². The zero-order chi connectivity index (χ0) is 15.7. The molecule has 21 heavy (non-hydrogen) atoms. The van der Waals surface area contributed by atoms with E-state index >= 15 is 0 Å². The average Bonchev–Trinajstić information content (AvgIpc) is 2.41. The molecule has 0 spiro atoms. The number of nitrogens with zero attached hydrogens (tertiary/aromatic N) is 1. The minimum atomic E-state index is -0.394. The normalized spacial score (nSPS) is 19.1. The fraction of sp³-hybridized carbons (Fsp3) is 0.938. The van der Waals surface area contributed by atoms with Crippen molar-refractivity contribution in [3.05, 3.63) is 0 Å². The van der Waals surface area contributed by atoms with E-state index in [1.807, 2.05) is 13.8 Å². The fourth-order valence-electron chi connectivity index (χ4n) is 2.37. The first-order valence-corrected chi connectivity index (χ1v) is 8.97. The van der Waals surface area contributed by atoms with Gasteiger partial charge in [-0.1, -0.05) is 18.2 Å². The highest BCUT2D eigenvalue weighted by Gasteiger charge is 2.27. The molecule has 0 aromatic heterocycles. The summed E-state index contributed by atoms with van der Waals surface area (Å²) in [7, 11) is 2.16. The second-order valence-electron chi connectivity index (χ2n) is 6.38. The van der Waals surface area contributed by atoms with Crippen molar-refractivity contribution in [2.75, 3.05) is 39.1 Å². The van der Waals surface area contributed by atoms with E-state index in [1.54, 1.807) is 6.92 Å². The lowest BCUT2D eigenvalue weighted by atomic mass is 10.0. The van der Waals surface area contributed by atoms with Gasteiger partial charge >= 0.3 is 0 Å². The van der Waals surface area contributed by atoms with Crippen LogP contribution in [0.5, 0.6) is 0 Å². The first kappa shape index (κ1) is 18.9. The number of carbonyl (C=O) groups excluding carboxylic acids is 1. The maximum atomic E-state index is 10.8. The molecule has 0 radical (unpaired) electrons. The summed E-state index contributed by atoms with van der Waals surface area (Å²) >= 11 is 1.43. The van der Waals surface area contributed by atoms with Gasteiger partial charge in [-0.15, -0.1) is 0 Å². The third-order valence-corrected chi connectivity index (χ3v) is 4.62. The summed E-state index contributed by atoms with van der Waals surface area (Å²) in [5.41, 5.74) is 0. The van der Waals surface area contributed by atoms with E-state index in [0.29, 0.717) is 5.92 Å². The van der Waals surface area contributed by atoms with E-state index < -0.39 is 5.79 Å². The van der Waals surface area contributed by atoms with Crippen molar-refractivity contribution in [1.29, 1.82) is 0 Å². The predicted molar refractivity (Wildman–Crippen MR) is 88.6 cm³/mol. The largest absolute Gasteiger partial charge is 0.350 e. The summed E-state index contributed by atoms with van der Waals surface area (Å²) in [4.78, 5) is 13.2. The van der Waals surface area contributed by atoms with Gasteiger partial charge < -0.3 is 14.4 Å². The van der Waals surface area contributed by atoms with E-state index in [1.165, 1.54) is 31.0 Å². The lowest BCUT2D eigenvalue weighted by molar-refractivity contribution is -0.262. The average molecular weight is 317 g/mol. The molecule has 1 aliphatic heterocycles. The number of rotatable bonds is 9. The molecule has 124 valence electrons. The van der Waals surface area contributed by atoms with Gasteiger partial charge in [-0.05, 0) is 53.2 Å². The highest BCUT2D eigenvalue weighted by molar-refractivity contribution is 8.13. The molecular weight excluding hydrogens is 286 g/mol. The minimum absolute atomic E-state index is 0.220. The molecule has 0 unspecified atom stereocenters. The molecule has 0 saturated carbocycles. The van der Waals surface area contributed by atoms with Crippen molar-refractivity contribution < 1.29 is 14.3 Å². The van der Waals surface area contributed by atoms with Gasteiger partial charge in [0.15, 0.2) is 10.9 Å². The number of hydrogen-bond acceptors (Lipinski definition) is 5. The van der Waals surface area contributed by atoms with Gasteiger partial charge in [-0.2, -0.15) is 0 Å². The number of unbranched alkanes of at least 4 members (excludes halogenated alkanes) is 1. The van der Waals surface area contributed by atoms with Crippen LogP contribution < -0.4 is 0 Å². The topological polar surface area (TPSA) is 38.8 Å². The van der Waals surface area contributed by atoms with Gasteiger partial charge in [-0.3, -0.25) is 4.79 Å². The van der Waals surface area contributed by atoms with Crippen molar-refractivity contribution >= 4 is 16.9 Å². The summed E-state index contributed by atoms with van der Waals surface area (Å²) in [6.45, 7) is 9.43. The van der Waals surface area contributed by atoms with Gasteiger partial charge in [-0.25, -0.2) is 0 Å². The highest BCUT2D eigenvalue weighted by Crippen LogP contribution is 2.23. The van der Waals surface area contributed by atoms with Gasteiger partial charge in [0.1, 0.15) is 0 Å². The lowest BCUT2D eigenvalue weighted by Crippen LogP contribution is -2.39. The van der Waals surface area contributed by atoms with Crippen molar-refractivity contribution in [3.8, 4) is 0 Å². The molecule has 5 heteroatoms.